The van der Waals surface area contributed by atoms with Crippen LogP contribution in [-0.2, 0) is 31.6 Å². The summed E-state index contributed by atoms with van der Waals surface area (Å²) in [6.07, 6.45) is -0.666. The van der Waals surface area contributed by atoms with Crippen LogP contribution in [0, 0.1) is 0 Å². The lowest BCUT2D eigenvalue weighted by atomic mass is 10.1. The molecule has 0 bridgehead atoms. The van der Waals surface area contributed by atoms with E-state index in [1.54, 1.807) is 0 Å². The average Bonchev–Trinajstić information content (AvgIpc) is 3.39. The van der Waals surface area contributed by atoms with Gasteiger partial charge in [0.25, 0.3) is 5.56 Å². The van der Waals surface area contributed by atoms with Crippen LogP contribution in [-0.4, -0.2) is 82.4 Å². The van der Waals surface area contributed by atoms with Crippen LogP contribution in [0.5, 0.6) is 0 Å². The van der Waals surface area contributed by atoms with Gasteiger partial charge in [-0.1, -0.05) is 25.7 Å². The molecule has 41 heavy (non-hydrogen) atoms. The number of nitrogens with two attached hydrogens (primary N) is 1. The Morgan fingerprint density at radius 1 is 0.976 bits per heavy atom. The van der Waals surface area contributed by atoms with Crippen molar-refractivity contribution in [1.82, 2.24) is 24.6 Å². The number of aromatic amines is 2. The third kappa shape index (κ3) is 9.71. The molecule has 1 aliphatic heterocycles. The number of phosphoric acid groups is 2. The number of nitrogens with zero attached hydrogens (tertiary/aromatic N) is 2. The van der Waals surface area contributed by atoms with Crippen LogP contribution < -0.4 is 22.1 Å². The van der Waals surface area contributed by atoms with Gasteiger partial charge in [0.05, 0.1) is 12.9 Å². The number of aliphatic hydroxyl groups is 2. The topological polar surface area (TPSA) is 311 Å². The Labute approximate surface area is 231 Å². The second-order valence-electron chi connectivity index (χ2n) is 9.04. The highest BCUT2D eigenvalue weighted by atomic mass is 31.3. The van der Waals surface area contributed by atoms with Gasteiger partial charge in [-0.25, -0.2) is 28.6 Å². The molecule has 0 saturated carbocycles. The van der Waals surface area contributed by atoms with Crippen molar-refractivity contribution in [3.8, 4) is 0 Å². The molecule has 3 heterocycles. The van der Waals surface area contributed by atoms with E-state index < -0.39 is 65.8 Å². The molecule has 0 spiro atoms. The number of aromatic nitrogens is 4. The van der Waals surface area contributed by atoms with Gasteiger partial charge < -0.3 is 35.4 Å². The van der Waals surface area contributed by atoms with Gasteiger partial charge in [-0.05, 0) is 19.4 Å². The molecule has 2 aromatic rings. The summed E-state index contributed by atoms with van der Waals surface area (Å²) in [5, 5.41) is 22.8. The van der Waals surface area contributed by atoms with E-state index in [4.69, 9.17) is 10.5 Å². The van der Waals surface area contributed by atoms with Gasteiger partial charge in [-0.15, -0.1) is 0 Å². The minimum Gasteiger partial charge on any atom is -0.387 e. The number of H-pyrrole nitrogens is 2. The molecule has 1 aliphatic rings. The molecule has 10 N–H and O–H groups in total. The quantitative estimate of drug-likeness (QED) is 0.0753. The number of ether oxygens (including phenoxy) is 1. The normalized spacial score (nSPS) is 25.6. The van der Waals surface area contributed by atoms with Crippen molar-refractivity contribution >= 4 is 34.6 Å². The molecule has 3 unspecified atom stereocenters. The van der Waals surface area contributed by atoms with Gasteiger partial charge in [0, 0.05) is 6.54 Å². The number of imidazole rings is 1. The lowest BCUT2D eigenvalue weighted by molar-refractivity contribution is -0.0503. The van der Waals surface area contributed by atoms with Gasteiger partial charge >= 0.3 is 29.1 Å². The largest absolute Gasteiger partial charge is 0.489 e. The maximum atomic E-state index is 12.2. The number of nitrogens with one attached hydrogen (secondary N) is 3. The van der Waals surface area contributed by atoms with Crippen LogP contribution in [0.25, 0.3) is 11.2 Å². The van der Waals surface area contributed by atoms with E-state index in [0.717, 1.165) is 36.6 Å². The number of fused-ring (bicyclic) bond motifs is 1. The van der Waals surface area contributed by atoms with Crippen molar-refractivity contribution in [2.75, 3.05) is 19.7 Å². The molecule has 23 heteroatoms. The van der Waals surface area contributed by atoms with Gasteiger partial charge in [-0.2, -0.15) is 8.62 Å². The second kappa shape index (κ2) is 14.2. The van der Waals surface area contributed by atoms with Crippen molar-refractivity contribution < 1.29 is 56.5 Å². The van der Waals surface area contributed by atoms with Crippen molar-refractivity contribution in [3.63, 3.8) is 0 Å². The Kier molecular flexibility index (Phi) is 11.8. The van der Waals surface area contributed by atoms with E-state index in [1.807, 2.05) is 10.1 Å². The molecule has 0 aliphatic carbocycles. The maximum Gasteiger partial charge on any atom is 0.489 e. The molecule has 20 nitrogen and oxygen atoms in total. The Morgan fingerprint density at radius 2 is 1.63 bits per heavy atom. The third-order valence-electron chi connectivity index (χ3n) is 5.84. The molecule has 0 amide bonds. The summed E-state index contributed by atoms with van der Waals surface area (Å²) >= 11 is 0. The first-order chi connectivity index (χ1) is 19.1. The minimum atomic E-state index is -5.64. The third-order valence-corrected chi connectivity index (χ3v) is 10.3. The van der Waals surface area contributed by atoms with Gasteiger partial charge in [0.2, 0.25) is 0 Å². The summed E-state index contributed by atoms with van der Waals surface area (Å²) < 4.78 is 55.6. The van der Waals surface area contributed by atoms with Gasteiger partial charge in [0.1, 0.15) is 24.0 Å². The van der Waals surface area contributed by atoms with Crippen LogP contribution in [0.3, 0.4) is 0 Å². The molecular formula is C18H33N6O14P3. The lowest BCUT2D eigenvalue weighted by Gasteiger charge is -2.20. The van der Waals surface area contributed by atoms with E-state index in [0.29, 0.717) is 19.4 Å². The summed E-state index contributed by atoms with van der Waals surface area (Å²) in [5.41, 5.74) is 3.32. The number of aliphatic hydroxyl groups excluding tert-OH is 2. The zero-order valence-electron chi connectivity index (χ0n) is 21.5. The van der Waals surface area contributed by atoms with Gasteiger partial charge in [-0.3, -0.25) is 23.9 Å². The molecule has 0 aromatic carbocycles. The molecule has 1 saturated heterocycles. The Bertz CT molecular complexity index is 1430. The zero-order valence-corrected chi connectivity index (χ0v) is 24.2. The van der Waals surface area contributed by atoms with Crippen molar-refractivity contribution in [2.45, 2.75) is 63.1 Å². The maximum absolute atomic E-state index is 12.2. The van der Waals surface area contributed by atoms with Crippen LogP contribution in [0.15, 0.2) is 15.9 Å². The predicted octanol–water partition coefficient (Wildman–Crippen LogP) is -0.728. The molecule has 0 radical (unpaired) electrons. The van der Waals surface area contributed by atoms with E-state index in [1.165, 1.54) is 0 Å². The van der Waals surface area contributed by atoms with Crippen LogP contribution in [0.4, 0.5) is 0 Å². The fourth-order valence-corrected chi connectivity index (χ4v) is 7.69. The molecule has 1 fully saturated rings. The first-order valence-corrected chi connectivity index (χ1v) is 16.9. The standard InChI is InChI=1S/C18H33N6O14P3/c19-7-5-3-1-2-4-6-8-21-39(29,30)37-41(33,34)38-40(31,32)35-9-11-13(25)14(26)17(36-11)24-10-20-12-15(24)22-18(28)23-16(12)27/h10-11,13-14,17,25-26H,1-9,19H2,(H,31,32)(H,33,34)(H2,21,29,30)(H2,22,23,27,28)/t11-,13-,14-,17-/m1/s1. The lowest BCUT2D eigenvalue weighted by Crippen LogP contribution is -2.33. The van der Waals surface area contributed by atoms with E-state index in [-0.39, 0.29) is 17.7 Å². The van der Waals surface area contributed by atoms with Crippen molar-refractivity contribution in [2.24, 2.45) is 5.73 Å². The summed E-state index contributed by atoms with van der Waals surface area (Å²) in [6, 6.07) is 0. The average molecular weight is 650 g/mol. The molecule has 234 valence electrons. The number of rotatable bonds is 17. The SMILES string of the molecule is NCCCCCCCCNP(=O)(O)OP(=O)(O)OP(=O)(O)OC[C@H]1O[C@@H](n2cnc3c(=O)[nH]c(=O)[nH]c32)[C@H](O)[C@@H]1O. The summed E-state index contributed by atoms with van der Waals surface area (Å²) in [4.78, 5) is 60.9. The highest BCUT2D eigenvalue weighted by Gasteiger charge is 2.47. The highest BCUT2D eigenvalue weighted by molar-refractivity contribution is 7.67. The zero-order chi connectivity index (χ0) is 30.4. The van der Waals surface area contributed by atoms with E-state index in [9.17, 15) is 48.2 Å². The van der Waals surface area contributed by atoms with Gasteiger partial charge in [0.15, 0.2) is 11.7 Å². The first-order valence-electron chi connectivity index (χ1n) is 12.4. The highest BCUT2D eigenvalue weighted by Crippen LogP contribution is 2.66. The van der Waals surface area contributed by atoms with Crippen molar-refractivity contribution in [3.05, 3.63) is 27.2 Å². The second-order valence-corrected chi connectivity index (χ2v) is 13.8. The number of hydrogen-bond donors (Lipinski definition) is 9. The van der Waals surface area contributed by atoms with E-state index >= 15 is 0 Å². The van der Waals surface area contributed by atoms with Crippen LogP contribution >= 0.6 is 23.4 Å². The number of unbranched alkanes of at least 4 members (excludes halogenated alkanes) is 5. The fourth-order valence-electron chi connectivity index (χ4n) is 3.94. The monoisotopic (exact) mass is 650 g/mol. The van der Waals surface area contributed by atoms with E-state index in [2.05, 4.69) is 23.1 Å². The predicted molar refractivity (Wildman–Crippen MR) is 139 cm³/mol. The Hall–Kier alpha value is -1.60. The molecular weight excluding hydrogens is 617 g/mol. The minimum absolute atomic E-state index is 0.0627. The van der Waals surface area contributed by atoms with Crippen LogP contribution in [0.1, 0.15) is 44.8 Å². The van der Waals surface area contributed by atoms with Crippen LogP contribution in [0.2, 0.25) is 0 Å². The molecule has 3 rings (SSSR count). The first kappa shape index (κ1) is 33.9. The Morgan fingerprint density at radius 3 is 2.32 bits per heavy atom. The summed E-state index contributed by atoms with van der Waals surface area (Å²) in [7, 11) is -16.1. The van der Waals surface area contributed by atoms with Crippen molar-refractivity contribution in [1.29, 1.82) is 0 Å². The molecule has 2 aromatic heterocycles. The number of phosphoric ester groups is 1. The fraction of sp³-hybridized carbons (Fsp3) is 0.722. The summed E-state index contributed by atoms with van der Waals surface area (Å²) in [6.45, 7) is -0.459. The Balaban J connectivity index is 1.51. The number of hydrogen-bond acceptors (Lipinski definition) is 13. The molecule has 7 atom stereocenters. The smallest absolute Gasteiger partial charge is 0.387 e. The summed E-state index contributed by atoms with van der Waals surface area (Å²) in [5.74, 6) is 0.